The van der Waals surface area contributed by atoms with Crippen LogP contribution in [0.15, 0.2) is 70.4 Å². The van der Waals surface area contributed by atoms with Crippen LogP contribution in [0.4, 0.5) is 0 Å². The average Bonchev–Trinajstić information content (AvgIpc) is 3.12. The number of amides is 1. The van der Waals surface area contributed by atoms with E-state index in [1.54, 1.807) is 29.2 Å². The molecule has 1 aliphatic heterocycles. The highest BCUT2D eigenvalue weighted by atomic mass is 16.5. The van der Waals surface area contributed by atoms with Crippen LogP contribution in [0.5, 0.6) is 5.75 Å². The number of para-hydroxylation sites is 1. The van der Waals surface area contributed by atoms with Crippen molar-refractivity contribution in [1.82, 2.24) is 4.90 Å². The molecule has 0 bridgehead atoms. The van der Waals surface area contributed by atoms with Gasteiger partial charge in [0.2, 0.25) is 5.76 Å². The summed E-state index contributed by atoms with van der Waals surface area (Å²) in [5, 5.41) is 0.495. The Kier molecular flexibility index (Phi) is 6.94. The fraction of sp³-hybridized carbons (Fsp3) is 0.333. The SMILES string of the molecule is C=CCOc1ccc([C@H]2c3c(oc4ccccc4c3=O)C(=O)N2CCC[NH+](CC)CC)cc1. The molecule has 172 valence electrons. The maximum atomic E-state index is 13.5. The minimum absolute atomic E-state index is 0.144. The first kappa shape index (κ1) is 22.8. The summed E-state index contributed by atoms with van der Waals surface area (Å²) in [6, 6.07) is 14.2. The van der Waals surface area contributed by atoms with Crippen LogP contribution in [0.3, 0.4) is 0 Å². The van der Waals surface area contributed by atoms with Gasteiger partial charge < -0.3 is 19.0 Å². The van der Waals surface area contributed by atoms with E-state index < -0.39 is 6.04 Å². The molecule has 2 heterocycles. The van der Waals surface area contributed by atoms with Gasteiger partial charge in [0, 0.05) is 13.0 Å². The highest BCUT2D eigenvalue weighted by Crippen LogP contribution is 2.38. The van der Waals surface area contributed by atoms with Gasteiger partial charge in [0.25, 0.3) is 5.91 Å². The Morgan fingerprint density at radius 1 is 1.09 bits per heavy atom. The summed E-state index contributed by atoms with van der Waals surface area (Å²) in [6.45, 7) is 12.0. The molecule has 0 fully saturated rings. The van der Waals surface area contributed by atoms with Gasteiger partial charge >= 0.3 is 0 Å². The number of nitrogens with zero attached hydrogens (tertiary/aromatic N) is 1. The van der Waals surface area contributed by atoms with E-state index in [1.807, 2.05) is 30.3 Å². The molecule has 1 aromatic heterocycles. The second-order valence-corrected chi connectivity index (χ2v) is 8.30. The summed E-state index contributed by atoms with van der Waals surface area (Å²) in [7, 11) is 0. The van der Waals surface area contributed by atoms with Crippen molar-refractivity contribution in [2.75, 3.05) is 32.8 Å². The molecule has 0 unspecified atom stereocenters. The third kappa shape index (κ3) is 4.44. The lowest BCUT2D eigenvalue weighted by atomic mass is 9.98. The van der Waals surface area contributed by atoms with E-state index in [2.05, 4.69) is 20.4 Å². The van der Waals surface area contributed by atoms with Crippen LogP contribution >= 0.6 is 0 Å². The zero-order valence-electron chi connectivity index (χ0n) is 19.3. The van der Waals surface area contributed by atoms with E-state index in [9.17, 15) is 9.59 Å². The summed E-state index contributed by atoms with van der Waals surface area (Å²) in [5.41, 5.74) is 1.59. The monoisotopic (exact) mass is 447 g/mol. The minimum Gasteiger partial charge on any atom is -0.490 e. The Hall–Kier alpha value is -3.38. The highest BCUT2D eigenvalue weighted by molar-refractivity contribution is 5.99. The van der Waals surface area contributed by atoms with Gasteiger partial charge in [0.05, 0.1) is 36.6 Å². The highest BCUT2D eigenvalue weighted by Gasteiger charge is 2.42. The van der Waals surface area contributed by atoms with Crippen molar-refractivity contribution in [3.05, 3.63) is 88.3 Å². The summed E-state index contributed by atoms with van der Waals surface area (Å²) < 4.78 is 11.6. The van der Waals surface area contributed by atoms with Crippen LogP contribution in [0.2, 0.25) is 0 Å². The van der Waals surface area contributed by atoms with Crippen molar-refractivity contribution in [2.24, 2.45) is 0 Å². The van der Waals surface area contributed by atoms with Gasteiger partial charge in [-0.25, -0.2) is 0 Å². The summed E-state index contributed by atoms with van der Waals surface area (Å²) >= 11 is 0. The van der Waals surface area contributed by atoms with Gasteiger partial charge in [-0.1, -0.05) is 36.9 Å². The minimum atomic E-state index is -0.478. The van der Waals surface area contributed by atoms with E-state index >= 15 is 0 Å². The molecule has 0 radical (unpaired) electrons. The first-order valence-electron chi connectivity index (χ1n) is 11.6. The molecule has 6 nitrogen and oxygen atoms in total. The fourth-order valence-electron chi connectivity index (χ4n) is 4.55. The molecule has 0 saturated carbocycles. The van der Waals surface area contributed by atoms with Crippen LogP contribution in [-0.4, -0.2) is 43.6 Å². The Morgan fingerprint density at radius 3 is 2.52 bits per heavy atom. The fourth-order valence-corrected chi connectivity index (χ4v) is 4.55. The third-order valence-electron chi connectivity index (χ3n) is 6.37. The standard InChI is InChI=1S/C27H30N2O4/c1-4-18-32-20-14-12-19(13-15-20)24-23-25(30)21-10-7-8-11-22(21)33-26(23)27(31)29(24)17-9-16-28(5-2)6-3/h4,7-8,10-15,24H,1,5-6,9,16-18H2,2-3H3/p+1/t24-/m0/s1. The number of rotatable bonds is 10. The average molecular weight is 448 g/mol. The lowest BCUT2D eigenvalue weighted by Gasteiger charge is -2.26. The number of hydrogen-bond acceptors (Lipinski definition) is 4. The van der Waals surface area contributed by atoms with Crippen molar-refractivity contribution >= 4 is 16.9 Å². The van der Waals surface area contributed by atoms with E-state index in [1.165, 1.54) is 4.90 Å². The van der Waals surface area contributed by atoms with Gasteiger partial charge in [-0.15, -0.1) is 0 Å². The molecule has 4 rings (SSSR count). The maximum Gasteiger partial charge on any atom is 0.290 e. The number of ether oxygens (including phenoxy) is 1. The molecule has 2 aromatic carbocycles. The van der Waals surface area contributed by atoms with Crippen LogP contribution in [0.1, 0.15) is 48.0 Å². The van der Waals surface area contributed by atoms with Gasteiger partial charge in [0.1, 0.15) is 17.9 Å². The molecule has 3 aromatic rings. The Morgan fingerprint density at radius 2 is 1.82 bits per heavy atom. The van der Waals surface area contributed by atoms with Gasteiger partial charge in [-0.3, -0.25) is 9.59 Å². The normalized spacial score (nSPS) is 15.3. The van der Waals surface area contributed by atoms with E-state index in [-0.39, 0.29) is 17.1 Å². The lowest BCUT2D eigenvalue weighted by Crippen LogP contribution is -3.11. The summed E-state index contributed by atoms with van der Waals surface area (Å²) in [5.74, 6) is 0.649. The number of carbonyl (C=O) groups is 1. The number of quaternary nitrogens is 1. The molecule has 1 aliphatic rings. The Balaban J connectivity index is 1.74. The molecule has 1 amide bonds. The van der Waals surface area contributed by atoms with Crippen LogP contribution < -0.4 is 15.1 Å². The number of carbonyl (C=O) groups excluding carboxylic acids is 1. The topological polar surface area (TPSA) is 64.2 Å². The molecule has 1 N–H and O–H groups in total. The predicted molar refractivity (Wildman–Crippen MR) is 129 cm³/mol. The molecule has 0 saturated heterocycles. The van der Waals surface area contributed by atoms with Crippen molar-refractivity contribution in [1.29, 1.82) is 0 Å². The molecular weight excluding hydrogens is 416 g/mol. The summed E-state index contributed by atoms with van der Waals surface area (Å²) in [6.07, 6.45) is 2.54. The maximum absolute atomic E-state index is 13.5. The van der Waals surface area contributed by atoms with E-state index in [0.717, 1.165) is 31.6 Å². The van der Waals surface area contributed by atoms with Crippen molar-refractivity contribution in [2.45, 2.75) is 26.3 Å². The second-order valence-electron chi connectivity index (χ2n) is 8.30. The predicted octanol–water partition coefficient (Wildman–Crippen LogP) is 3.22. The molecule has 33 heavy (non-hydrogen) atoms. The van der Waals surface area contributed by atoms with Crippen LogP contribution in [0.25, 0.3) is 11.0 Å². The summed E-state index contributed by atoms with van der Waals surface area (Å²) in [4.78, 5) is 30.2. The van der Waals surface area contributed by atoms with Crippen molar-refractivity contribution < 1.29 is 18.8 Å². The Bertz CT molecular complexity index is 1190. The zero-order chi connectivity index (χ0) is 23.4. The van der Waals surface area contributed by atoms with Crippen LogP contribution in [-0.2, 0) is 0 Å². The molecular formula is C27H31N2O4+. The smallest absolute Gasteiger partial charge is 0.290 e. The number of benzene rings is 2. The zero-order valence-corrected chi connectivity index (χ0v) is 19.3. The van der Waals surface area contributed by atoms with Crippen LogP contribution in [0, 0.1) is 0 Å². The molecule has 0 aliphatic carbocycles. The van der Waals surface area contributed by atoms with Gasteiger partial charge in [0.15, 0.2) is 5.43 Å². The largest absolute Gasteiger partial charge is 0.490 e. The quantitative estimate of drug-likeness (QED) is 0.485. The van der Waals surface area contributed by atoms with Crippen molar-refractivity contribution in [3.8, 4) is 5.75 Å². The third-order valence-corrected chi connectivity index (χ3v) is 6.37. The van der Waals surface area contributed by atoms with E-state index in [0.29, 0.717) is 35.4 Å². The Labute approximate surface area is 194 Å². The first-order valence-corrected chi connectivity index (χ1v) is 11.6. The van der Waals surface area contributed by atoms with E-state index in [4.69, 9.17) is 9.15 Å². The van der Waals surface area contributed by atoms with Crippen molar-refractivity contribution in [3.63, 3.8) is 0 Å². The number of hydrogen-bond donors (Lipinski definition) is 1. The molecule has 0 spiro atoms. The molecule has 6 heteroatoms. The number of fused-ring (bicyclic) bond motifs is 2. The lowest BCUT2D eigenvalue weighted by molar-refractivity contribution is -0.896. The second kappa shape index (κ2) is 10.0. The molecule has 1 atom stereocenters. The van der Waals surface area contributed by atoms with Gasteiger partial charge in [-0.2, -0.15) is 0 Å². The first-order chi connectivity index (χ1) is 16.1. The van der Waals surface area contributed by atoms with Gasteiger partial charge in [-0.05, 0) is 43.7 Å². The number of nitrogens with one attached hydrogen (secondary N) is 1.